The van der Waals surface area contributed by atoms with Crippen molar-refractivity contribution < 1.29 is 29.7 Å². The molecule has 3 aromatic heterocycles. The van der Waals surface area contributed by atoms with Crippen molar-refractivity contribution in [2.75, 3.05) is 0 Å². The Hall–Kier alpha value is -5.38. The van der Waals surface area contributed by atoms with Crippen LogP contribution in [-0.2, 0) is 26.9 Å². The zero-order valence-corrected chi connectivity index (χ0v) is 25.4. The molecule has 5 heterocycles. The van der Waals surface area contributed by atoms with Gasteiger partial charge in [0.2, 0.25) is 0 Å². The van der Waals surface area contributed by atoms with Gasteiger partial charge >= 0.3 is 0 Å². The van der Waals surface area contributed by atoms with E-state index in [1.165, 1.54) is 6.07 Å². The molecule has 2 aliphatic heterocycles. The van der Waals surface area contributed by atoms with E-state index in [1.54, 1.807) is 12.1 Å². The zero-order chi connectivity index (χ0) is 29.6. The Morgan fingerprint density at radius 2 is 0.848 bits per heavy atom. The minimum Gasteiger partial charge on any atom is -0.344 e. The van der Waals surface area contributed by atoms with Crippen molar-refractivity contribution in [3.8, 4) is 45.6 Å². The number of nitrogens with zero attached hydrogens (tertiary/aromatic N) is 6. The molecule has 0 saturated heterocycles. The van der Waals surface area contributed by atoms with E-state index in [1.807, 2.05) is 72.8 Å². The summed E-state index contributed by atoms with van der Waals surface area (Å²) in [7, 11) is -4.62. The topological polar surface area (TPSA) is 198 Å². The van der Waals surface area contributed by atoms with Crippen LogP contribution in [0.3, 0.4) is 0 Å². The molecule has 8 bridgehead atoms. The number of hydrogen-bond acceptors (Lipinski definition) is 9. The predicted octanol–water partition coefficient (Wildman–Crippen LogP) is 6.28. The van der Waals surface area contributed by atoms with Crippen molar-refractivity contribution in [3.05, 3.63) is 91.0 Å². The molecule has 6 N–H and O–H groups in total. The summed E-state index contributed by atoms with van der Waals surface area (Å²) in [5, 5.41) is 2.36. The summed E-state index contributed by atoms with van der Waals surface area (Å²) < 4.78 is 35.2. The van der Waals surface area contributed by atoms with E-state index in [9.17, 15) is 13.0 Å². The number of H-pyrrole nitrogens is 2. The standard InChI is InChI=1S/C32H18N8O3S.Co.H3N/c41-44(42,43)23-15-7-14-22-24(23)32-39-30-21-13-6-5-12-20(21)28(37-30)35-26-17-9-2-1-8-16(17)25(33-26)34-27-18-10-3-4-11-19(18)29(36-27)38-31(22)40-32;;/h1-15H,(H,41,42,43)(H2,33,34,35,36,37,38,39,40);;1H3. The third-order valence-electron chi connectivity index (χ3n) is 7.82. The largest absolute Gasteiger partial charge is 0.344 e. The van der Waals surface area contributed by atoms with Crippen LogP contribution < -0.4 is 6.15 Å². The van der Waals surface area contributed by atoms with Crippen molar-refractivity contribution in [2.45, 2.75) is 4.90 Å². The van der Waals surface area contributed by atoms with Gasteiger partial charge in [-0.2, -0.15) is 8.42 Å². The van der Waals surface area contributed by atoms with Crippen LogP contribution in [0.5, 0.6) is 0 Å². The van der Waals surface area contributed by atoms with Gasteiger partial charge in [-0.25, -0.2) is 29.9 Å². The van der Waals surface area contributed by atoms with Crippen LogP contribution in [0.4, 0.5) is 0 Å². The molecule has 0 fully saturated rings. The Bertz CT molecular complexity index is 2670. The second-order valence-electron chi connectivity index (χ2n) is 10.4. The first-order valence-corrected chi connectivity index (χ1v) is 15.1. The van der Waals surface area contributed by atoms with Gasteiger partial charge in [0.05, 0.1) is 0 Å². The van der Waals surface area contributed by atoms with Gasteiger partial charge in [-0.05, 0) is 6.07 Å². The summed E-state index contributed by atoms with van der Waals surface area (Å²) in [6.45, 7) is 0. The third-order valence-corrected chi connectivity index (χ3v) is 8.72. The molecular formula is C32H21CoN9O3S. The molecule has 0 spiro atoms. The average molecular weight is 671 g/mol. The Kier molecular flexibility index (Phi) is 6.77. The average Bonchev–Trinajstić information content (AvgIpc) is 3.76. The molecule has 7 aromatic rings. The molecule has 1 radical (unpaired) electrons. The molecule has 2 aliphatic rings. The molecule has 0 amide bonds. The maximum atomic E-state index is 12.5. The van der Waals surface area contributed by atoms with Gasteiger partial charge in [-0.15, -0.1) is 0 Å². The van der Waals surface area contributed by atoms with Crippen LogP contribution in [-0.4, -0.2) is 52.8 Å². The summed E-state index contributed by atoms with van der Waals surface area (Å²) in [5.74, 6) is 1.60. The first-order chi connectivity index (χ1) is 21.4. The number of nitrogens with one attached hydrogen (secondary N) is 2. The van der Waals surface area contributed by atoms with Crippen molar-refractivity contribution in [1.29, 1.82) is 0 Å². The molecule has 0 atom stereocenters. The van der Waals surface area contributed by atoms with Crippen LogP contribution in [0.2, 0.25) is 0 Å². The van der Waals surface area contributed by atoms with E-state index in [0.717, 1.165) is 33.0 Å². The SMILES string of the molecule is N.O=S(=O)(O)c1cccc2c3nc4nc(nc5[nH]c(nc6nc(nc([nH]3)c12)-c1ccccc1-6)c1ccccc51)-c1ccccc1-4.[Co]. The van der Waals surface area contributed by atoms with Gasteiger partial charge in [0.15, 0.2) is 23.3 Å². The van der Waals surface area contributed by atoms with Gasteiger partial charge in [-0.3, -0.25) is 4.55 Å². The minimum atomic E-state index is -4.62. The molecule has 12 nitrogen and oxygen atoms in total. The molecule has 9 rings (SSSR count). The van der Waals surface area contributed by atoms with Crippen LogP contribution in [0.1, 0.15) is 0 Å². The zero-order valence-electron chi connectivity index (χ0n) is 23.6. The summed E-state index contributed by atoms with van der Waals surface area (Å²) >= 11 is 0. The fourth-order valence-electron chi connectivity index (χ4n) is 5.87. The molecule has 46 heavy (non-hydrogen) atoms. The fourth-order valence-corrected chi connectivity index (χ4v) is 6.59. The predicted molar refractivity (Wildman–Crippen MR) is 171 cm³/mol. The Morgan fingerprint density at radius 1 is 0.478 bits per heavy atom. The molecule has 4 aromatic carbocycles. The smallest absolute Gasteiger partial charge is 0.295 e. The summed E-state index contributed by atoms with van der Waals surface area (Å²) in [5.41, 5.74) is 4.68. The van der Waals surface area contributed by atoms with Crippen molar-refractivity contribution in [1.82, 2.24) is 46.0 Å². The van der Waals surface area contributed by atoms with Gasteiger partial charge in [0, 0.05) is 60.6 Å². The number of benzene rings is 4. The normalized spacial score (nSPS) is 11.8. The Morgan fingerprint density at radius 3 is 1.30 bits per heavy atom. The van der Waals surface area contributed by atoms with Gasteiger partial charge < -0.3 is 16.1 Å². The van der Waals surface area contributed by atoms with E-state index in [-0.39, 0.29) is 38.9 Å². The van der Waals surface area contributed by atoms with E-state index < -0.39 is 10.1 Å². The number of rotatable bonds is 1. The number of hydrogen-bond donors (Lipinski definition) is 4. The summed E-state index contributed by atoms with van der Waals surface area (Å²) in [6, 6.07) is 27.6. The Labute approximate surface area is 270 Å². The monoisotopic (exact) mass is 670 g/mol. The maximum absolute atomic E-state index is 12.5. The first-order valence-electron chi connectivity index (χ1n) is 13.6. The second-order valence-corrected chi connectivity index (χ2v) is 11.8. The minimum absolute atomic E-state index is 0. The van der Waals surface area contributed by atoms with Gasteiger partial charge in [0.25, 0.3) is 10.1 Å². The molecule has 227 valence electrons. The van der Waals surface area contributed by atoms with Crippen LogP contribution in [0, 0.1) is 0 Å². The van der Waals surface area contributed by atoms with E-state index >= 15 is 0 Å². The molecule has 0 saturated carbocycles. The summed E-state index contributed by atoms with van der Waals surface area (Å²) in [6.07, 6.45) is 0. The number of aromatic amines is 2. The van der Waals surface area contributed by atoms with E-state index in [0.29, 0.717) is 45.6 Å². The van der Waals surface area contributed by atoms with E-state index in [4.69, 9.17) is 29.9 Å². The second kappa shape index (κ2) is 10.6. The van der Waals surface area contributed by atoms with Gasteiger partial charge in [-0.1, -0.05) is 84.9 Å². The van der Waals surface area contributed by atoms with Crippen molar-refractivity contribution in [2.24, 2.45) is 0 Å². The van der Waals surface area contributed by atoms with Crippen LogP contribution in [0.25, 0.3) is 89.7 Å². The van der Waals surface area contributed by atoms with Crippen LogP contribution in [0.15, 0.2) is 95.9 Å². The number of fused-ring (bicyclic) bond motifs is 20. The molecular weight excluding hydrogens is 649 g/mol. The first kappa shape index (κ1) is 29.3. The summed E-state index contributed by atoms with van der Waals surface area (Å²) in [4.78, 5) is 35.4. The number of aromatic nitrogens is 8. The molecule has 0 aliphatic carbocycles. The quantitative estimate of drug-likeness (QED) is 0.144. The third kappa shape index (κ3) is 4.39. The van der Waals surface area contributed by atoms with Crippen molar-refractivity contribution >= 4 is 54.3 Å². The fraction of sp³-hybridized carbons (Fsp3) is 0. The Balaban J connectivity index is 0.00000169. The van der Waals surface area contributed by atoms with Crippen molar-refractivity contribution in [3.63, 3.8) is 0 Å². The molecule has 0 unspecified atom stereocenters. The maximum Gasteiger partial charge on any atom is 0.295 e. The molecule has 14 heteroatoms. The van der Waals surface area contributed by atoms with Crippen LogP contribution >= 0.6 is 0 Å². The van der Waals surface area contributed by atoms with E-state index in [2.05, 4.69) is 9.97 Å². The van der Waals surface area contributed by atoms with Gasteiger partial charge in [0.1, 0.15) is 27.5 Å².